The van der Waals surface area contributed by atoms with Crippen LogP contribution >= 0.6 is 0 Å². The number of likely N-dealkylation sites (tertiary alicyclic amines) is 1. The molecule has 2 heterocycles. The van der Waals surface area contributed by atoms with Crippen LogP contribution in [0.2, 0.25) is 0 Å². The molecule has 0 unspecified atom stereocenters. The van der Waals surface area contributed by atoms with Crippen LogP contribution in [0.15, 0.2) is 65.1 Å². The molecule has 2 aromatic carbocycles. The van der Waals surface area contributed by atoms with E-state index in [4.69, 9.17) is 9.15 Å². The first-order valence-electron chi connectivity index (χ1n) is 11.1. The summed E-state index contributed by atoms with van der Waals surface area (Å²) in [4.78, 5) is 15.0. The summed E-state index contributed by atoms with van der Waals surface area (Å²) in [5.74, 6) is 1.41. The van der Waals surface area contributed by atoms with Crippen LogP contribution in [0.1, 0.15) is 53.6 Å². The Labute approximate surface area is 184 Å². The van der Waals surface area contributed by atoms with Crippen molar-refractivity contribution in [3.05, 3.63) is 83.3 Å². The Balaban J connectivity index is 1.28. The first kappa shape index (κ1) is 21.2. The summed E-state index contributed by atoms with van der Waals surface area (Å²) in [6.45, 7) is 5.72. The maximum atomic E-state index is 12.5. The highest BCUT2D eigenvalue weighted by Gasteiger charge is 2.13. The van der Waals surface area contributed by atoms with Crippen LogP contribution in [0.3, 0.4) is 0 Å². The molecule has 3 aromatic rings. The predicted molar refractivity (Wildman–Crippen MR) is 122 cm³/mol. The van der Waals surface area contributed by atoms with Gasteiger partial charge in [-0.3, -0.25) is 9.69 Å². The lowest BCUT2D eigenvalue weighted by Crippen LogP contribution is -2.29. The molecule has 0 spiro atoms. The van der Waals surface area contributed by atoms with Crippen molar-refractivity contribution >= 4 is 11.6 Å². The van der Waals surface area contributed by atoms with E-state index in [-0.39, 0.29) is 18.3 Å². The Kier molecular flexibility index (Phi) is 7.05. The number of furan rings is 1. The van der Waals surface area contributed by atoms with E-state index in [0.717, 1.165) is 24.4 Å². The number of anilines is 1. The molecule has 0 radical (unpaired) electrons. The third-order valence-electron chi connectivity index (χ3n) is 5.66. The largest absolute Gasteiger partial charge is 0.486 e. The second kappa shape index (κ2) is 10.3. The van der Waals surface area contributed by atoms with Gasteiger partial charge in [-0.05, 0) is 79.9 Å². The monoisotopic (exact) mass is 418 g/mol. The number of nitrogens with zero attached hydrogens (tertiary/aromatic N) is 1. The fraction of sp³-hybridized carbons (Fsp3) is 0.346. The lowest BCUT2D eigenvalue weighted by Gasteiger charge is -2.26. The Morgan fingerprint density at radius 3 is 2.35 bits per heavy atom. The summed E-state index contributed by atoms with van der Waals surface area (Å²) in [5, 5.41) is 2.90. The molecule has 1 N–H and O–H groups in total. The number of rotatable bonds is 8. The van der Waals surface area contributed by atoms with Gasteiger partial charge >= 0.3 is 0 Å². The average Bonchev–Trinajstić information content (AvgIpc) is 3.29. The van der Waals surface area contributed by atoms with E-state index in [0.29, 0.717) is 5.76 Å². The maximum absolute atomic E-state index is 12.5. The van der Waals surface area contributed by atoms with Gasteiger partial charge in [-0.1, -0.05) is 37.6 Å². The molecule has 1 saturated heterocycles. The molecule has 1 aromatic heterocycles. The van der Waals surface area contributed by atoms with Gasteiger partial charge < -0.3 is 14.5 Å². The summed E-state index contributed by atoms with van der Waals surface area (Å²) in [7, 11) is 0. The molecule has 1 aliphatic rings. The number of piperidine rings is 1. The zero-order chi connectivity index (χ0) is 21.5. The number of amides is 1. The number of carbonyl (C=O) groups is 1. The quantitative estimate of drug-likeness (QED) is 0.513. The van der Waals surface area contributed by atoms with E-state index < -0.39 is 0 Å². The van der Waals surface area contributed by atoms with Crippen molar-refractivity contribution in [2.75, 3.05) is 18.4 Å². The van der Waals surface area contributed by atoms with Gasteiger partial charge in [0.05, 0.1) is 0 Å². The highest BCUT2D eigenvalue weighted by atomic mass is 16.5. The highest BCUT2D eigenvalue weighted by Crippen LogP contribution is 2.18. The topological polar surface area (TPSA) is 54.7 Å². The summed E-state index contributed by atoms with van der Waals surface area (Å²) in [5.41, 5.74) is 3.30. The molecule has 5 heteroatoms. The first-order chi connectivity index (χ1) is 15.2. The van der Waals surface area contributed by atoms with Crippen molar-refractivity contribution in [3.8, 4) is 5.75 Å². The van der Waals surface area contributed by atoms with E-state index in [1.54, 1.807) is 12.1 Å². The number of aryl methyl sites for hydroxylation is 1. The molecule has 5 nitrogen and oxygen atoms in total. The van der Waals surface area contributed by atoms with Crippen LogP contribution in [0.25, 0.3) is 0 Å². The average molecular weight is 419 g/mol. The lowest BCUT2D eigenvalue weighted by molar-refractivity contribution is 0.0992. The van der Waals surface area contributed by atoms with Gasteiger partial charge in [0.15, 0.2) is 5.76 Å². The van der Waals surface area contributed by atoms with Crippen LogP contribution in [-0.2, 0) is 19.6 Å². The van der Waals surface area contributed by atoms with Crippen molar-refractivity contribution in [3.63, 3.8) is 0 Å². The van der Waals surface area contributed by atoms with E-state index in [1.165, 1.54) is 43.5 Å². The molecule has 0 atom stereocenters. The van der Waals surface area contributed by atoms with Gasteiger partial charge in [0.1, 0.15) is 18.1 Å². The summed E-state index contributed by atoms with van der Waals surface area (Å²) in [6.07, 6.45) is 4.91. The third-order valence-corrected chi connectivity index (χ3v) is 5.66. The maximum Gasteiger partial charge on any atom is 0.291 e. The molecule has 1 fully saturated rings. The van der Waals surface area contributed by atoms with Gasteiger partial charge in [0.2, 0.25) is 0 Å². The van der Waals surface area contributed by atoms with Crippen LogP contribution < -0.4 is 10.1 Å². The Morgan fingerprint density at radius 2 is 1.65 bits per heavy atom. The van der Waals surface area contributed by atoms with Crippen LogP contribution in [0.5, 0.6) is 5.75 Å². The predicted octanol–water partition coefficient (Wildman–Crippen LogP) is 5.66. The molecule has 0 bridgehead atoms. The third kappa shape index (κ3) is 5.98. The van der Waals surface area contributed by atoms with E-state index >= 15 is 0 Å². The lowest BCUT2D eigenvalue weighted by atomic mass is 10.1. The summed E-state index contributed by atoms with van der Waals surface area (Å²) >= 11 is 0. The standard InChI is InChI=1S/C26H30N2O3/c1-2-20-8-12-23(13-9-20)30-19-24-14-15-25(31-24)26(29)27-22-10-6-21(7-11-22)18-28-16-4-3-5-17-28/h6-15H,2-5,16-19H2,1H3,(H,27,29). The van der Waals surface area contributed by atoms with Gasteiger partial charge in [0.25, 0.3) is 5.91 Å². The minimum absolute atomic E-state index is 0.262. The molecular formula is C26H30N2O3. The molecule has 162 valence electrons. The number of benzene rings is 2. The van der Waals surface area contributed by atoms with Crippen molar-refractivity contribution in [2.24, 2.45) is 0 Å². The molecular weight excluding hydrogens is 388 g/mol. The smallest absolute Gasteiger partial charge is 0.291 e. The van der Waals surface area contributed by atoms with Gasteiger partial charge in [-0.15, -0.1) is 0 Å². The molecule has 4 rings (SSSR count). The first-order valence-corrected chi connectivity index (χ1v) is 11.1. The van der Waals surface area contributed by atoms with E-state index in [2.05, 4.69) is 29.3 Å². The molecule has 1 amide bonds. The molecule has 0 saturated carbocycles. The summed E-state index contributed by atoms with van der Waals surface area (Å²) in [6, 6.07) is 19.5. The minimum Gasteiger partial charge on any atom is -0.486 e. The van der Waals surface area contributed by atoms with Gasteiger partial charge in [0, 0.05) is 12.2 Å². The van der Waals surface area contributed by atoms with Crippen molar-refractivity contribution < 1.29 is 13.9 Å². The molecule has 31 heavy (non-hydrogen) atoms. The zero-order valence-electron chi connectivity index (χ0n) is 18.1. The van der Waals surface area contributed by atoms with E-state index in [1.807, 2.05) is 36.4 Å². The van der Waals surface area contributed by atoms with Crippen molar-refractivity contribution in [1.82, 2.24) is 4.90 Å². The van der Waals surface area contributed by atoms with Crippen LogP contribution in [0, 0.1) is 0 Å². The van der Waals surface area contributed by atoms with Gasteiger partial charge in [-0.2, -0.15) is 0 Å². The van der Waals surface area contributed by atoms with Crippen molar-refractivity contribution in [1.29, 1.82) is 0 Å². The van der Waals surface area contributed by atoms with Crippen molar-refractivity contribution in [2.45, 2.75) is 45.8 Å². The number of ether oxygens (including phenoxy) is 1. The molecule has 0 aliphatic carbocycles. The van der Waals surface area contributed by atoms with Gasteiger partial charge in [-0.25, -0.2) is 0 Å². The second-order valence-electron chi connectivity index (χ2n) is 8.04. The number of hydrogen-bond acceptors (Lipinski definition) is 4. The Hall–Kier alpha value is -3.05. The Morgan fingerprint density at radius 1 is 0.935 bits per heavy atom. The number of carbonyl (C=O) groups excluding carboxylic acids is 1. The van der Waals surface area contributed by atoms with Crippen LogP contribution in [0.4, 0.5) is 5.69 Å². The normalized spacial score (nSPS) is 14.4. The summed E-state index contributed by atoms with van der Waals surface area (Å²) < 4.78 is 11.4. The number of hydrogen-bond donors (Lipinski definition) is 1. The fourth-order valence-electron chi connectivity index (χ4n) is 3.82. The minimum atomic E-state index is -0.262. The second-order valence-corrected chi connectivity index (χ2v) is 8.04. The SMILES string of the molecule is CCc1ccc(OCc2ccc(C(=O)Nc3ccc(CN4CCCCC4)cc3)o2)cc1. The fourth-order valence-corrected chi connectivity index (χ4v) is 3.82. The number of nitrogens with one attached hydrogen (secondary N) is 1. The zero-order valence-corrected chi connectivity index (χ0v) is 18.1. The Bertz CT molecular complexity index is 971. The highest BCUT2D eigenvalue weighted by molar-refractivity contribution is 6.02. The molecule has 1 aliphatic heterocycles. The van der Waals surface area contributed by atoms with E-state index in [9.17, 15) is 4.79 Å². The van der Waals surface area contributed by atoms with Crippen LogP contribution in [-0.4, -0.2) is 23.9 Å².